The molecule has 1 aliphatic heterocycles. The van der Waals surface area contributed by atoms with Gasteiger partial charge >= 0.3 is 0 Å². The molecule has 0 aromatic carbocycles. The van der Waals surface area contributed by atoms with Crippen LogP contribution < -0.4 is 10.6 Å². The topological polar surface area (TPSA) is 52.6 Å². The first-order valence-electron chi connectivity index (χ1n) is 7.88. The maximum atomic E-state index is 12.4. The third kappa shape index (κ3) is 6.75. The lowest BCUT2D eigenvalue weighted by Crippen LogP contribution is -2.49. The Bertz CT molecular complexity index is 530. The van der Waals surface area contributed by atoms with Gasteiger partial charge < -0.3 is 10.6 Å². The number of rotatable bonds is 5. The van der Waals surface area contributed by atoms with Crippen LogP contribution in [0.1, 0.15) is 28.4 Å². The highest BCUT2D eigenvalue weighted by Crippen LogP contribution is 2.16. The fourth-order valence-corrected chi connectivity index (χ4v) is 3.62. The van der Waals surface area contributed by atoms with Crippen LogP contribution in [0.15, 0.2) is 4.99 Å². The first-order valence-corrected chi connectivity index (χ1v) is 8.70. The molecule has 0 amide bonds. The largest absolute Gasteiger partial charge is 0.354 e. The Balaban J connectivity index is 0.00000288. The first-order chi connectivity index (χ1) is 11.0. The van der Waals surface area contributed by atoms with Crippen molar-refractivity contribution >= 4 is 41.3 Å². The molecule has 2 N–H and O–H groups in total. The van der Waals surface area contributed by atoms with Gasteiger partial charge in [-0.2, -0.15) is 0 Å². The lowest BCUT2D eigenvalue weighted by atomic mass is 10.1. The average molecular weight is 473 g/mol. The monoisotopic (exact) mass is 473 g/mol. The third-order valence-corrected chi connectivity index (χ3v) is 5.04. The Morgan fingerprint density at radius 3 is 2.54 bits per heavy atom. The van der Waals surface area contributed by atoms with Crippen LogP contribution in [0.2, 0.25) is 0 Å². The number of guanidine groups is 1. The summed E-state index contributed by atoms with van der Waals surface area (Å²) in [5.74, 6) is 0.753. The SMILES string of the molecule is CN=C(NCc1sc(C)nc1C)NC1CCN(CC(F)F)CC1.I. The maximum absolute atomic E-state index is 12.4. The number of piperidine rings is 1. The number of likely N-dealkylation sites (tertiary alicyclic amines) is 1. The molecule has 0 spiro atoms. The van der Waals surface area contributed by atoms with E-state index in [2.05, 4.69) is 20.6 Å². The van der Waals surface area contributed by atoms with Crippen molar-refractivity contribution in [2.75, 3.05) is 26.7 Å². The lowest BCUT2D eigenvalue weighted by molar-refractivity contribution is 0.0744. The zero-order chi connectivity index (χ0) is 16.8. The second-order valence-electron chi connectivity index (χ2n) is 5.78. The molecule has 1 saturated heterocycles. The number of hydrogen-bond donors (Lipinski definition) is 2. The van der Waals surface area contributed by atoms with Gasteiger partial charge in [-0.15, -0.1) is 35.3 Å². The lowest BCUT2D eigenvalue weighted by Gasteiger charge is -2.32. The van der Waals surface area contributed by atoms with Gasteiger partial charge in [-0.25, -0.2) is 13.8 Å². The number of halogens is 3. The van der Waals surface area contributed by atoms with Crippen molar-refractivity contribution in [3.63, 3.8) is 0 Å². The van der Waals surface area contributed by atoms with Crippen LogP contribution in [0.4, 0.5) is 8.78 Å². The van der Waals surface area contributed by atoms with Crippen molar-refractivity contribution in [1.29, 1.82) is 0 Å². The summed E-state index contributed by atoms with van der Waals surface area (Å²) < 4.78 is 24.8. The highest BCUT2D eigenvalue weighted by Gasteiger charge is 2.22. The molecule has 0 atom stereocenters. The summed E-state index contributed by atoms with van der Waals surface area (Å²) >= 11 is 1.68. The van der Waals surface area contributed by atoms with Crippen molar-refractivity contribution < 1.29 is 8.78 Å². The van der Waals surface area contributed by atoms with Gasteiger partial charge in [0, 0.05) is 31.1 Å². The zero-order valence-electron chi connectivity index (χ0n) is 14.3. The van der Waals surface area contributed by atoms with Crippen LogP contribution in [0.25, 0.3) is 0 Å². The van der Waals surface area contributed by atoms with Gasteiger partial charge in [0.15, 0.2) is 5.96 Å². The summed E-state index contributed by atoms with van der Waals surface area (Å²) in [6, 6.07) is 0.277. The second kappa shape index (κ2) is 10.4. The molecule has 24 heavy (non-hydrogen) atoms. The number of hydrogen-bond acceptors (Lipinski definition) is 4. The minimum absolute atomic E-state index is 0. The molecule has 2 heterocycles. The molecule has 0 radical (unpaired) electrons. The maximum Gasteiger partial charge on any atom is 0.251 e. The number of alkyl halides is 2. The number of aromatic nitrogens is 1. The Morgan fingerprint density at radius 2 is 2.04 bits per heavy atom. The van der Waals surface area contributed by atoms with E-state index in [0.29, 0.717) is 19.6 Å². The minimum Gasteiger partial charge on any atom is -0.354 e. The zero-order valence-corrected chi connectivity index (χ0v) is 17.5. The van der Waals surface area contributed by atoms with Crippen LogP contribution in [0.3, 0.4) is 0 Å². The predicted molar refractivity (Wildman–Crippen MR) is 106 cm³/mol. The molecule has 9 heteroatoms. The summed E-state index contributed by atoms with van der Waals surface area (Å²) in [6.45, 7) is 5.99. The van der Waals surface area contributed by atoms with E-state index in [9.17, 15) is 8.78 Å². The van der Waals surface area contributed by atoms with Gasteiger partial charge in [0.1, 0.15) is 0 Å². The Kier molecular flexibility index (Phi) is 9.35. The van der Waals surface area contributed by atoms with E-state index in [0.717, 1.165) is 29.5 Å². The molecule has 1 aliphatic rings. The number of nitrogens with one attached hydrogen (secondary N) is 2. The summed E-state index contributed by atoms with van der Waals surface area (Å²) in [5, 5.41) is 7.75. The fourth-order valence-electron chi connectivity index (χ4n) is 2.74. The van der Waals surface area contributed by atoms with Crippen LogP contribution >= 0.6 is 35.3 Å². The molecule has 138 valence electrons. The standard InChI is InChI=1S/C15H25F2N5S.HI/c1-10-13(23-11(2)20-10)8-19-15(18-3)21-12-4-6-22(7-5-12)9-14(16)17;/h12,14H,4-9H2,1-3H3,(H2,18,19,21);1H. The number of thiazole rings is 1. The summed E-state index contributed by atoms with van der Waals surface area (Å²) in [5.41, 5.74) is 1.05. The van der Waals surface area contributed by atoms with Gasteiger partial charge in [0.25, 0.3) is 6.43 Å². The predicted octanol–water partition coefficient (Wildman–Crippen LogP) is 2.77. The third-order valence-electron chi connectivity index (χ3n) is 3.96. The van der Waals surface area contributed by atoms with Gasteiger partial charge in [-0.3, -0.25) is 9.89 Å². The van der Waals surface area contributed by atoms with Crippen LogP contribution in [0.5, 0.6) is 0 Å². The van der Waals surface area contributed by atoms with Crippen LogP contribution in [-0.4, -0.2) is 55.0 Å². The van der Waals surface area contributed by atoms with E-state index in [4.69, 9.17) is 0 Å². The van der Waals surface area contributed by atoms with Gasteiger partial charge in [-0.1, -0.05) is 0 Å². The molecule has 0 aliphatic carbocycles. The molecule has 0 unspecified atom stereocenters. The Morgan fingerprint density at radius 1 is 1.38 bits per heavy atom. The Labute approximate surface area is 163 Å². The number of aliphatic imine (C=N–C) groups is 1. The van der Waals surface area contributed by atoms with Crippen molar-refractivity contribution in [3.8, 4) is 0 Å². The quantitative estimate of drug-likeness (QED) is 0.393. The van der Waals surface area contributed by atoms with Crippen molar-refractivity contribution in [2.24, 2.45) is 4.99 Å². The molecular formula is C15H26F2IN5S. The van der Waals surface area contributed by atoms with E-state index in [1.807, 2.05) is 18.7 Å². The van der Waals surface area contributed by atoms with Crippen LogP contribution in [0, 0.1) is 13.8 Å². The number of aryl methyl sites for hydroxylation is 2. The fraction of sp³-hybridized carbons (Fsp3) is 0.733. The van der Waals surface area contributed by atoms with Gasteiger partial charge in [-0.05, 0) is 26.7 Å². The highest BCUT2D eigenvalue weighted by molar-refractivity contribution is 14.0. The highest BCUT2D eigenvalue weighted by atomic mass is 127. The molecule has 1 aromatic heterocycles. The van der Waals surface area contributed by atoms with Gasteiger partial charge in [0.2, 0.25) is 0 Å². The number of nitrogens with zero attached hydrogens (tertiary/aromatic N) is 3. The normalized spacial score (nSPS) is 17.0. The van der Waals surface area contributed by atoms with E-state index in [1.54, 1.807) is 18.4 Å². The van der Waals surface area contributed by atoms with E-state index >= 15 is 0 Å². The van der Waals surface area contributed by atoms with Gasteiger partial charge in [0.05, 0.1) is 23.8 Å². The summed E-state index contributed by atoms with van der Waals surface area (Å²) in [4.78, 5) is 11.7. The Hall–Kier alpha value is -0.550. The smallest absolute Gasteiger partial charge is 0.251 e. The summed E-state index contributed by atoms with van der Waals surface area (Å²) in [7, 11) is 1.74. The molecule has 0 bridgehead atoms. The molecular weight excluding hydrogens is 447 g/mol. The molecule has 1 fully saturated rings. The second-order valence-corrected chi connectivity index (χ2v) is 7.07. The molecule has 2 rings (SSSR count). The molecule has 5 nitrogen and oxygen atoms in total. The van der Waals surface area contributed by atoms with E-state index in [-0.39, 0.29) is 36.6 Å². The van der Waals surface area contributed by atoms with Crippen molar-refractivity contribution in [2.45, 2.75) is 45.7 Å². The minimum atomic E-state index is -2.25. The first kappa shape index (κ1) is 21.5. The van der Waals surface area contributed by atoms with E-state index in [1.165, 1.54) is 4.88 Å². The molecule has 0 saturated carbocycles. The molecule has 1 aromatic rings. The van der Waals surface area contributed by atoms with Crippen LogP contribution in [-0.2, 0) is 6.54 Å². The van der Waals surface area contributed by atoms with Crippen molar-refractivity contribution in [1.82, 2.24) is 20.5 Å². The van der Waals surface area contributed by atoms with Crippen molar-refractivity contribution in [3.05, 3.63) is 15.6 Å². The summed E-state index contributed by atoms with van der Waals surface area (Å²) in [6.07, 6.45) is -0.543. The average Bonchev–Trinajstić information content (AvgIpc) is 2.82. The van der Waals surface area contributed by atoms with E-state index < -0.39 is 6.43 Å².